The van der Waals surface area contributed by atoms with Crippen molar-refractivity contribution in [1.29, 1.82) is 0 Å². The van der Waals surface area contributed by atoms with Crippen molar-refractivity contribution >= 4 is 0 Å². The van der Waals surface area contributed by atoms with Crippen LogP contribution in [0.15, 0.2) is 29.1 Å². The van der Waals surface area contributed by atoms with E-state index in [2.05, 4.69) is 5.10 Å². The Morgan fingerprint density at radius 3 is 2.67 bits per heavy atom. The standard InChI is InChI=1S/C17H20N2O2/c1-3-14-16(20)15(13-7-5-4-6-11(13)2)17(21)19(18-14)10-12-8-9-12/h4-7,12,20H,3,8-10H2,1-2H3. The van der Waals surface area contributed by atoms with E-state index in [1.54, 1.807) is 0 Å². The van der Waals surface area contributed by atoms with Crippen LogP contribution in [-0.2, 0) is 13.0 Å². The summed E-state index contributed by atoms with van der Waals surface area (Å²) in [5.41, 5.74) is 2.57. The summed E-state index contributed by atoms with van der Waals surface area (Å²) in [7, 11) is 0. The van der Waals surface area contributed by atoms with Crippen molar-refractivity contribution in [3.05, 3.63) is 45.9 Å². The predicted molar refractivity (Wildman–Crippen MR) is 82.4 cm³/mol. The Balaban J connectivity index is 2.22. The molecule has 1 aliphatic carbocycles. The van der Waals surface area contributed by atoms with E-state index in [0.717, 1.165) is 24.0 Å². The molecule has 1 fully saturated rings. The van der Waals surface area contributed by atoms with Gasteiger partial charge in [-0.3, -0.25) is 4.79 Å². The minimum absolute atomic E-state index is 0.0313. The van der Waals surface area contributed by atoms with Crippen LogP contribution in [0.25, 0.3) is 11.1 Å². The minimum Gasteiger partial charge on any atom is -0.505 e. The lowest BCUT2D eigenvalue weighted by Crippen LogP contribution is -2.27. The second kappa shape index (κ2) is 5.35. The molecular formula is C17H20N2O2. The lowest BCUT2D eigenvalue weighted by atomic mass is 10.0. The largest absolute Gasteiger partial charge is 0.505 e. The summed E-state index contributed by atoms with van der Waals surface area (Å²) in [6.45, 7) is 4.55. The fourth-order valence-electron chi connectivity index (χ4n) is 2.62. The van der Waals surface area contributed by atoms with Gasteiger partial charge < -0.3 is 5.11 Å². The van der Waals surface area contributed by atoms with E-state index in [4.69, 9.17) is 0 Å². The van der Waals surface area contributed by atoms with Crippen LogP contribution in [0.5, 0.6) is 5.75 Å². The molecule has 0 spiro atoms. The second-order valence-electron chi connectivity index (χ2n) is 5.77. The normalized spacial score (nSPS) is 14.4. The molecular weight excluding hydrogens is 264 g/mol. The topological polar surface area (TPSA) is 55.1 Å². The lowest BCUT2D eigenvalue weighted by molar-refractivity contribution is 0.445. The molecule has 0 amide bonds. The molecule has 21 heavy (non-hydrogen) atoms. The maximum Gasteiger partial charge on any atom is 0.278 e. The SMILES string of the molecule is CCc1nn(CC2CC2)c(=O)c(-c2ccccc2C)c1O. The van der Waals surface area contributed by atoms with Crippen molar-refractivity contribution in [2.24, 2.45) is 5.92 Å². The van der Waals surface area contributed by atoms with Crippen LogP contribution < -0.4 is 5.56 Å². The number of aryl methyl sites for hydroxylation is 2. The van der Waals surface area contributed by atoms with Crippen LogP contribution in [0.2, 0.25) is 0 Å². The van der Waals surface area contributed by atoms with Gasteiger partial charge in [0.25, 0.3) is 5.56 Å². The minimum atomic E-state index is -0.189. The van der Waals surface area contributed by atoms with E-state index in [9.17, 15) is 9.90 Å². The summed E-state index contributed by atoms with van der Waals surface area (Å²) in [5, 5.41) is 14.8. The highest BCUT2D eigenvalue weighted by Gasteiger charge is 2.25. The molecule has 1 saturated carbocycles. The quantitative estimate of drug-likeness (QED) is 0.939. The number of nitrogens with zero attached hydrogens (tertiary/aromatic N) is 2. The van der Waals surface area contributed by atoms with Gasteiger partial charge in [0, 0.05) is 6.54 Å². The first-order valence-corrected chi connectivity index (χ1v) is 7.50. The third-order valence-electron chi connectivity index (χ3n) is 4.08. The highest BCUT2D eigenvalue weighted by atomic mass is 16.3. The van der Waals surface area contributed by atoms with Gasteiger partial charge in [0.05, 0.1) is 5.56 Å². The number of benzene rings is 1. The van der Waals surface area contributed by atoms with Gasteiger partial charge in [0.15, 0.2) is 5.75 Å². The predicted octanol–water partition coefficient (Wildman–Crippen LogP) is 2.90. The summed E-state index contributed by atoms with van der Waals surface area (Å²) in [6, 6.07) is 7.65. The molecule has 0 aliphatic heterocycles. The van der Waals surface area contributed by atoms with Crippen molar-refractivity contribution in [2.45, 2.75) is 39.7 Å². The Bertz CT molecular complexity index is 730. The van der Waals surface area contributed by atoms with Crippen LogP contribution in [0.1, 0.15) is 31.0 Å². The highest BCUT2D eigenvalue weighted by Crippen LogP contribution is 2.33. The van der Waals surface area contributed by atoms with Gasteiger partial charge in [-0.05, 0) is 43.2 Å². The Morgan fingerprint density at radius 2 is 2.05 bits per heavy atom. The summed E-state index contributed by atoms with van der Waals surface area (Å²) >= 11 is 0. The molecule has 0 unspecified atom stereocenters. The van der Waals surface area contributed by atoms with Gasteiger partial charge >= 0.3 is 0 Å². The van der Waals surface area contributed by atoms with Crippen molar-refractivity contribution in [3.63, 3.8) is 0 Å². The van der Waals surface area contributed by atoms with E-state index in [1.165, 1.54) is 4.68 Å². The fourth-order valence-corrected chi connectivity index (χ4v) is 2.62. The molecule has 1 aromatic carbocycles. The second-order valence-corrected chi connectivity index (χ2v) is 5.77. The summed E-state index contributed by atoms with van der Waals surface area (Å²) in [4.78, 5) is 12.7. The van der Waals surface area contributed by atoms with Gasteiger partial charge in [0.1, 0.15) is 5.69 Å². The van der Waals surface area contributed by atoms with Gasteiger partial charge in [0.2, 0.25) is 0 Å². The smallest absolute Gasteiger partial charge is 0.278 e. The van der Waals surface area contributed by atoms with E-state index >= 15 is 0 Å². The van der Waals surface area contributed by atoms with Crippen molar-refractivity contribution in [3.8, 4) is 16.9 Å². The lowest BCUT2D eigenvalue weighted by Gasteiger charge is -2.13. The highest BCUT2D eigenvalue weighted by molar-refractivity contribution is 5.72. The van der Waals surface area contributed by atoms with E-state index in [0.29, 0.717) is 30.1 Å². The van der Waals surface area contributed by atoms with Crippen molar-refractivity contribution in [2.75, 3.05) is 0 Å². The maximum absolute atomic E-state index is 12.7. The average molecular weight is 284 g/mol. The Labute approximate surface area is 124 Å². The maximum atomic E-state index is 12.7. The number of aromatic hydroxyl groups is 1. The summed E-state index contributed by atoms with van der Waals surface area (Å²) in [5.74, 6) is 0.595. The van der Waals surface area contributed by atoms with Crippen LogP contribution in [-0.4, -0.2) is 14.9 Å². The van der Waals surface area contributed by atoms with E-state index < -0.39 is 0 Å². The van der Waals surface area contributed by atoms with Gasteiger partial charge in [-0.1, -0.05) is 31.2 Å². The van der Waals surface area contributed by atoms with E-state index in [-0.39, 0.29) is 11.3 Å². The molecule has 2 aromatic rings. The third kappa shape index (κ3) is 2.58. The molecule has 0 atom stereocenters. The molecule has 0 bridgehead atoms. The molecule has 1 N–H and O–H groups in total. The molecule has 0 saturated heterocycles. The van der Waals surface area contributed by atoms with Gasteiger partial charge in [-0.15, -0.1) is 0 Å². The van der Waals surface area contributed by atoms with Crippen LogP contribution >= 0.6 is 0 Å². The molecule has 3 rings (SSSR count). The number of aromatic nitrogens is 2. The monoisotopic (exact) mass is 284 g/mol. The molecule has 1 heterocycles. The fraction of sp³-hybridized carbons (Fsp3) is 0.412. The first-order chi connectivity index (χ1) is 10.1. The third-order valence-corrected chi connectivity index (χ3v) is 4.08. The zero-order chi connectivity index (χ0) is 15.0. The molecule has 1 aromatic heterocycles. The molecule has 0 radical (unpaired) electrons. The van der Waals surface area contributed by atoms with Gasteiger partial charge in [-0.25, -0.2) is 4.68 Å². The summed E-state index contributed by atoms with van der Waals surface area (Å²) in [6.07, 6.45) is 2.93. The van der Waals surface area contributed by atoms with Crippen molar-refractivity contribution < 1.29 is 5.11 Å². The Morgan fingerprint density at radius 1 is 1.33 bits per heavy atom. The molecule has 1 aliphatic rings. The molecule has 4 heteroatoms. The summed E-state index contributed by atoms with van der Waals surface area (Å²) < 4.78 is 1.54. The zero-order valence-corrected chi connectivity index (χ0v) is 12.5. The Kier molecular flexibility index (Phi) is 3.53. The molecule has 110 valence electrons. The zero-order valence-electron chi connectivity index (χ0n) is 12.5. The van der Waals surface area contributed by atoms with Gasteiger partial charge in [-0.2, -0.15) is 5.10 Å². The average Bonchev–Trinajstić information content (AvgIpc) is 3.28. The van der Waals surface area contributed by atoms with Crippen LogP contribution in [0.4, 0.5) is 0 Å². The number of hydrogen-bond acceptors (Lipinski definition) is 3. The number of hydrogen-bond donors (Lipinski definition) is 1. The first kappa shape index (κ1) is 13.9. The van der Waals surface area contributed by atoms with Crippen molar-refractivity contribution in [1.82, 2.24) is 9.78 Å². The first-order valence-electron chi connectivity index (χ1n) is 7.50. The van der Waals surface area contributed by atoms with Crippen LogP contribution in [0, 0.1) is 12.8 Å². The molecule has 4 nitrogen and oxygen atoms in total. The number of rotatable bonds is 4. The Hall–Kier alpha value is -2.10. The van der Waals surface area contributed by atoms with Crippen LogP contribution in [0.3, 0.4) is 0 Å². The van der Waals surface area contributed by atoms with E-state index in [1.807, 2.05) is 38.1 Å².